The smallest absolute Gasteiger partial charge is 0.304 e. The number of Topliss-reactive ketones (excluding diaryl/α,β-unsaturated/α-hetero) is 1. The van der Waals surface area contributed by atoms with Gasteiger partial charge in [0.25, 0.3) is 0 Å². The van der Waals surface area contributed by atoms with Crippen LogP contribution in [0.5, 0.6) is 0 Å². The molecule has 6 heteroatoms. The summed E-state index contributed by atoms with van der Waals surface area (Å²) in [6.45, 7) is 5.17. The van der Waals surface area contributed by atoms with Crippen molar-refractivity contribution in [2.45, 2.75) is 26.8 Å². The Hall–Kier alpha value is -1.43. The number of nitro groups is 1. The summed E-state index contributed by atoms with van der Waals surface area (Å²) >= 11 is 1.12. The maximum absolute atomic E-state index is 11.1. The summed E-state index contributed by atoms with van der Waals surface area (Å²) in [6.07, 6.45) is 0. The highest BCUT2D eigenvalue weighted by Gasteiger charge is 2.20. The van der Waals surface area contributed by atoms with E-state index in [4.69, 9.17) is 0 Å². The fourth-order valence-electron chi connectivity index (χ4n) is 1.06. The highest BCUT2D eigenvalue weighted by atomic mass is 32.1. The average molecular weight is 228 g/mol. The van der Waals surface area contributed by atoms with Crippen molar-refractivity contribution in [1.82, 2.24) is 0 Å². The summed E-state index contributed by atoms with van der Waals surface area (Å²) in [4.78, 5) is 21.7. The number of anilines is 1. The van der Waals surface area contributed by atoms with Crippen LogP contribution in [-0.4, -0.2) is 16.7 Å². The minimum Gasteiger partial charge on any atom is -0.369 e. The molecule has 1 aromatic rings. The van der Waals surface area contributed by atoms with Gasteiger partial charge in [-0.25, -0.2) is 0 Å². The van der Waals surface area contributed by atoms with Gasteiger partial charge in [0.05, 0.1) is 9.80 Å². The highest BCUT2D eigenvalue weighted by Crippen LogP contribution is 2.35. The maximum Gasteiger partial charge on any atom is 0.304 e. The predicted octanol–water partition coefficient (Wildman–Crippen LogP) is 2.68. The van der Waals surface area contributed by atoms with Crippen molar-refractivity contribution in [1.29, 1.82) is 0 Å². The molecule has 1 aromatic heterocycles. The summed E-state index contributed by atoms with van der Waals surface area (Å²) in [7, 11) is 0. The number of nitrogens with one attached hydrogen (secondary N) is 1. The minimum absolute atomic E-state index is 0.0288. The first kappa shape index (κ1) is 11.6. The fourth-order valence-corrected chi connectivity index (χ4v) is 2.12. The zero-order valence-electron chi connectivity index (χ0n) is 8.73. The SMILES string of the molecule is CC(=O)c1cc([N+](=O)[O-])c(NC(C)C)s1. The van der Waals surface area contributed by atoms with Crippen LogP contribution in [0.15, 0.2) is 6.07 Å². The van der Waals surface area contributed by atoms with Gasteiger partial charge in [-0.1, -0.05) is 0 Å². The van der Waals surface area contributed by atoms with Crippen LogP contribution in [0.1, 0.15) is 30.4 Å². The number of nitrogens with zero attached hydrogens (tertiary/aromatic N) is 1. The Morgan fingerprint density at radius 2 is 2.20 bits per heavy atom. The third kappa shape index (κ3) is 2.76. The molecule has 1 N–H and O–H groups in total. The molecular weight excluding hydrogens is 216 g/mol. The molecule has 0 aromatic carbocycles. The molecule has 82 valence electrons. The van der Waals surface area contributed by atoms with Crippen LogP contribution in [0, 0.1) is 10.1 Å². The van der Waals surface area contributed by atoms with Gasteiger partial charge in [0.15, 0.2) is 10.8 Å². The van der Waals surface area contributed by atoms with E-state index in [1.54, 1.807) is 0 Å². The van der Waals surface area contributed by atoms with Gasteiger partial charge in [0, 0.05) is 12.1 Å². The van der Waals surface area contributed by atoms with Crippen LogP contribution in [0.4, 0.5) is 10.7 Å². The number of carbonyl (C=O) groups is 1. The van der Waals surface area contributed by atoms with Crippen molar-refractivity contribution in [3.63, 3.8) is 0 Å². The molecule has 0 spiro atoms. The number of ketones is 1. The second-order valence-electron chi connectivity index (χ2n) is 3.44. The van der Waals surface area contributed by atoms with Crippen LogP contribution < -0.4 is 5.32 Å². The molecule has 0 saturated carbocycles. The normalized spacial score (nSPS) is 10.4. The number of hydrogen-bond donors (Lipinski definition) is 1. The quantitative estimate of drug-likeness (QED) is 0.488. The van der Waals surface area contributed by atoms with E-state index in [1.807, 2.05) is 13.8 Å². The van der Waals surface area contributed by atoms with E-state index in [0.717, 1.165) is 11.3 Å². The first-order chi connectivity index (χ1) is 6.91. The van der Waals surface area contributed by atoms with Crippen LogP contribution in [0.25, 0.3) is 0 Å². The van der Waals surface area contributed by atoms with Crippen LogP contribution in [0.2, 0.25) is 0 Å². The Balaban J connectivity index is 3.11. The second kappa shape index (κ2) is 4.39. The lowest BCUT2D eigenvalue weighted by atomic mass is 10.3. The van der Waals surface area contributed by atoms with E-state index >= 15 is 0 Å². The lowest BCUT2D eigenvalue weighted by molar-refractivity contribution is -0.383. The molecule has 0 fully saturated rings. The Morgan fingerprint density at radius 3 is 2.60 bits per heavy atom. The highest BCUT2D eigenvalue weighted by molar-refractivity contribution is 7.18. The molecule has 5 nitrogen and oxygen atoms in total. The average Bonchev–Trinajstić information content (AvgIpc) is 2.46. The van der Waals surface area contributed by atoms with E-state index in [2.05, 4.69) is 5.32 Å². The van der Waals surface area contributed by atoms with Crippen LogP contribution >= 0.6 is 11.3 Å². The van der Waals surface area contributed by atoms with E-state index in [1.165, 1.54) is 13.0 Å². The maximum atomic E-state index is 11.1. The first-order valence-corrected chi connectivity index (χ1v) is 5.29. The molecule has 0 saturated heterocycles. The predicted molar refractivity (Wildman–Crippen MR) is 59.7 cm³/mol. The van der Waals surface area contributed by atoms with Crippen LogP contribution in [0.3, 0.4) is 0 Å². The van der Waals surface area contributed by atoms with Gasteiger partial charge in [-0.3, -0.25) is 14.9 Å². The topological polar surface area (TPSA) is 72.2 Å². The van der Waals surface area contributed by atoms with Gasteiger partial charge in [0.2, 0.25) is 0 Å². The van der Waals surface area contributed by atoms with Crippen molar-refractivity contribution in [2.75, 3.05) is 5.32 Å². The zero-order chi connectivity index (χ0) is 11.6. The van der Waals surface area contributed by atoms with E-state index in [9.17, 15) is 14.9 Å². The molecule has 0 atom stereocenters. The summed E-state index contributed by atoms with van der Waals surface area (Å²) < 4.78 is 0. The third-order valence-electron chi connectivity index (χ3n) is 1.68. The lowest BCUT2D eigenvalue weighted by Crippen LogP contribution is -2.09. The molecule has 0 aliphatic heterocycles. The van der Waals surface area contributed by atoms with Crippen molar-refractivity contribution >= 4 is 27.8 Å². The van der Waals surface area contributed by atoms with Crippen molar-refractivity contribution in [3.8, 4) is 0 Å². The molecule has 1 rings (SSSR count). The van der Waals surface area contributed by atoms with Crippen molar-refractivity contribution in [3.05, 3.63) is 21.1 Å². The molecule has 0 aliphatic rings. The minimum atomic E-state index is -0.479. The van der Waals surface area contributed by atoms with Gasteiger partial charge in [-0.05, 0) is 20.8 Å². The molecule has 0 aliphatic carbocycles. The molecule has 0 amide bonds. The Labute approximate surface area is 91.3 Å². The largest absolute Gasteiger partial charge is 0.369 e. The van der Waals surface area contributed by atoms with Gasteiger partial charge in [-0.2, -0.15) is 0 Å². The third-order valence-corrected chi connectivity index (χ3v) is 2.83. The Kier molecular flexibility index (Phi) is 3.41. The van der Waals surface area contributed by atoms with E-state index in [-0.39, 0.29) is 17.5 Å². The fraction of sp³-hybridized carbons (Fsp3) is 0.444. The van der Waals surface area contributed by atoms with Crippen molar-refractivity contribution < 1.29 is 9.72 Å². The lowest BCUT2D eigenvalue weighted by Gasteiger charge is -2.05. The number of carbonyl (C=O) groups excluding carboxylic acids is 1. The zero-order valence-corrected chi connectivity index (χ0v) is 9.55. The molecule has 15 heavy (non-hydrogen) atoms. The summed E-state index contributed by atoms with van der Waals surface area (Å²) in [5, 5.41) is 14.1. The summed E-state index contributed by atoms with van der Waals surface area (Å²) in [5.74, 6) is -0.153. The standard InChI is InChI=1S/C9H12N2O3S/c1-5(2)10-9-7(11(13)14)4-8(15-9)6(3)12/h4-5,10H,1-3H3. The summed E-state index contributed by atoms with van der Waals surface area (Å²) in [5.41, 5.74) is -0.0288. The van der Waals surface area contributed by atoms with Gasteiger partial charge in [0.1, 0.15) is 0 Å². The number of thiophene rings is 1. The van der Waals surface area contributed by atoms with Crippen molar-refractivity contribution in [2.24, 2.45) is 0 Å². The second-order valence-corrected chi connectivity index (χ2v) is 4.49. The molecule has 0 radical (unpaired) electrons. The first-order valence-electron chi connectivity index (χ1n) is 4.47. The molecule has 0 bridgehead atoms. The van der Waals surface area contributed by atoms with Gasteiger partial charge >= 0.3 is 5.69 Å². The number of rotatable bonds is 4. The molecule has 0 unspecified atom stereocenters. The summed E-state index contributed by atoms with van der Waals surface area (Å²) in [6, 6.07) is 1.42. The Morgan fingerprint density at radius 1 is 1.60 bits per heavy atom. The van der Waals surface area contributed by atoms with Gasteiger partial charge < -0.3 is 5.32 Å². The molecule has 1 heterocycles. The van der Waals surface area contributed by atoms with E-state index in [0.29, 0.717) is 9.88 Å². The van der Waals surface area contributed by atoms with E-state index < -0.39 is 4.92 Å². The monoisotopic (exact) mass is 228 g/mol. The number of hydrogen-bond acceptors (Lipinski definition) is 5. The molecular formula is C9H12N2O3S. The van der Waals surface area contributed by atoms with Crippen LogP contribution in [-0.2, 0) is 0 Å². The Bertz CT molecular complexity index is 398. The van der Waals surface area contributed by atoms with Gasteiger partial charge in [-0.15, -0.1) is 11.3 Å².